The standard InChI is InChI=1S/C31H32N6O4/c1-21-17-23(22-7-5-4-6-8-22)9-11-26(21)37-27-12-10-24(20-38)33-29(27)36(31(37)41)25-13-14-35(19-25)16-15-34(3)28(18-32-2)30(39)40/h4-12,17-18,20,25H,2,13-16,19H2,1,3H3,(H,39,40)/b28-18-. The third kappa shape index (κ3) is 5.46. The molecule has 4 aromatic rings. The van der Waals surface area contributed by atoms with E-state index in [0.29, 0.717) is 37.1 Å². The van der Waals surface area contributed by atoms with Gasteiger partial charge < -0.3 is 10.0 Å². The minimum atomic E-state index is -1.07. The highest BCUT2D eigenvalue weighted by atomic mass is 16.4. The lowest BCUT2D eigenvalue weighted by Gasteiger charge is -2.23. The van der Waals surface area contributed by atoms with Crippen molar-refractivity contribution in [2.75, 3.05) is 33.2 Å². The number of benzene rings is 2. The summed E-state index contributed by atoms with van der Waals surface area (Å²) in [6.45, 7) is 7.75. The summed E-state index contributed by atoms with van der Waals surface area (Å²) in [6.07, 6.45) is 2.64. The predicted molar refractivity (Wildman–Crippen MR) is 159 cm³/mol. The summed E-state index contributed by atoms with van der Waals surface area (Å²) < 4.78 is 3.39. The van der Waals surface area contributed by atoms with Crippen LogP contribution in [0.3, 0.4) is 0 Å². The Bertz CT molecular complexity index is 1710. The van der Waals surface area contributed by atoms with E-state index in [9.17, 15) is 19.5 Å². The van der Waals surface area contributed by atoms with Gasteiger partial charge in [-0.2, -0.15) is 0 Å². The number of carboxylic acid groups (broad SMARTS) is 1. The van der Waals surface area contributed by atoms with Crippen LogP contribution in [0.1, 0.15) is 28.5 Å². The van der Waals surface area contributed by atoms with Crippen LogP contribution in [0.15, 0.2) is 82.3 Å². The number of rotatable bonds is 10. The van der Waals surface area contributed by atoms with Crippen LogP contribution in [0.4, 0.5) is 0 Å². The van der Waals surface area contributed by atoms with Crippen molar-refractivity contribution in [1.29, 1.82) is 0 Å². The second kappa shape index (κ2) is 11.7. The Kier molecular flexibility index (Phi) is 7.93. The van der Waals surface area contributed by atoms with Gasteiger partial charge in [0, 0.05) is 33.2 Å². The molecule has 0 spiro atoms. The SMILES string of the molecule is C=N/C=C(/C(=O)O)N(C)CCN1CCC(n2c(=O)n(-c3ccc(-c4ccccc4)cc3C)c3ccc(C=O)nc32)C1. The highest BCUT2D eigenvalue weighted by molar-refractivity contribution is 5.85. The van der Waals surface area contributed by atoms with Crippen LogP contribution >= 0.6 is 0 Å². The molecule has 2 aromatic heterocycles. The number of carbonyl (C=O) groups is 2. The first-order valence-corrected chi connectivity index (χ1v) is 13.4. The van der Waals surface area contributed by atoms with Gasteiger partial charge in [0.25, 0.3) is 0 Å². The van der Waals surface area contributed by atoms with Gasteiger partial charge in [-0.05, 0) is 61.0 Å². The van der Waals surface area contributed by atoms with E-state index >= 15 is 0 Å². The third-order valence-electron chi connectivity index (χ3n) is 7.62. The summed E-state index contributed by atoms with van der Waals surface area (Å²) in [7, 11) is 1.70. The zero-order chi connectivity index (χ0) is 29.1. The summed E-state index contributed by atoms with van der Waals surface area (Å²) in [6, 6.07) is 19.4. The highest BCUT2D eigenvalue weighted by Gasteiger charge is 2.29. The van der Waals surface area contributed by atoms with Crippen molar-refractivity contribution in [2.24, 2.45) is 4.99 Å². The maximum atomic E-state index is 14.1. The van der Waals surface area contributed by atoms with Gasteiger partial charge in [-0.25, -0.2) is 14.6 Å². The molecule has 1 unspecified atom stereocenters. The van der Waals surface area contributed by atoms with Crippen molar-refractivity contribution < 1.29 is 14.7 Å². The monoisotopic (exact) mass is 552 g/mol. The number of hydrogen-bond acceptors (Lipinski definition) is 7. The lowest BCUT2D eigenvalue weighted by atomic mass is 10.0. The summed E-state index contributed by atoms with van der Waals surface area (Å²) in [5.41, 5.74) is 5.10. The van der Waals surface area contributed by atoms with E-state index in [1.807, 2.05) is 37.3 Å². The van der Waals surface area contributed by atoms with Crippen LogP contribution < -0.4 is 5.69 Å². The van der Waals surface area contributed by atoms with Crippen LogP contribution in [0.2, 0.25) is 0 Å². The molecule has 1 N–H and O–H groups in total. The number of aromatic nitrogens is 3. The molecular formula is C31H32N6O4. The number of aliphatic carboxylic acids is 1. The van der Waals surface area contributed by atoms with Gasteiger partial charge >= 0.3 is 11.7 Å². The molecule has 10 nitrogen and oxygen atoms in total. The lowest BCUT2D eigenvalue weighted by Crippen LogP contribution is -2.34. The normalized spacial score (nSPS) is 15.8. The van der Waals surface area contributed by atoms with E-state index in [4.69, 9.17) is 0 Å². The first kappa shape index (κ1) is 27.7. The largest absolute Gasteiger partial charge is 0.477 e. The number of fused-ring (bicyclic) bond motifs is 1. The number of hydrogen-bond donors (Lipinski definition) is 1. The number of carbonyl (C=O) groups excluding carboxylic acids is 1. The molecule has 0 bridgehead atoms. The maximum Gasteiger partial charge on any atom is 0.353 e. The second-order valence-corrected chi connectivity index (χ2v) is 10.2. The Balaban J connectivity index is 1.47. The van der Waals surface area contributed by atoms with Gasteiger partial charge in [-0.1, -0.05) is 36.4 Å². The van der Waals surface area contributed by atoms with Gasteiger partial charge in [0.2, 0.25) is 0 Å². The van der Waals surface area contributed by atoms with E-state index in [2.05, 4.69) is 39.8 Å². The number of carboxylic acids is 1. The van der Waals surface area contributed by atoms with Gasteiger partial charge in [0.05, 0.1) is 23.4 Å². The van der Waals surface area contributed by atoms with Crippen LogP contribution in [-0.4, -0.2) is 81.2 Å². The lowest BCUT2D eigenvalue weighted by molar-refractivity contribution is -0.134. The first-order chi connectivity index (χ1) is 19.8. The minimum absolute atomic E-state index is 0.0641. The molecule has 10 heteroatoms. The van der Waals surface area contributed by atoms with Crippen molar-refractivity contribution in [3.05, 3.63) is 94.3 Å². The van der Waals surface area contributed by atoms with Gasteiger partial charge in [-0.15, -0.1) is 0 Å². The Morgan fingerprint density at radius 2 is 1.95 bits per heavy atom. The Hall–Kier alpha value is -4.83. The molecular weight excluding hydrogens is 520 g/mol. The molecule has 0 amide bonds. The van der Waals surface area contributed by atoms with E-state index in [1.165, 1.54) is 6.20 Å². The topological polar surface area (TPSA) is 113 Å². The molecule has 0 aliphatic carbocycles. The molecule has 5 rings (SSSR count). The van der Waals surface area contributed by atoms with Crippen molar-refractivity contribution in [1.82, 2.24) is 23.9 Å². The van der Waals surface area contributed by atoms with Crippen molar-refractivity contribution in [2.45, 2.75) is 19.4 Å². The summed E-state index contributed by atoms with van der Waals surface area (Å²) in [5.74, 6) is -1.07. The van der Waals surface area contributed by atoms with E-state index < -0.39 is 5.97 Å². The molecule has 3 heterocycles. The van der Waals surface area contributed by atoms with Crippen molar-refractivity contribution in [3.63, 3.8) is 0 Å². The van der Waals surface area contributed by atoms with Crippen LogP contribution in [0.25, 0.3) is 28.0 Å². The predicted octanol–water partition coefficient (Wildman–Crippen LogP) is 3.78. The molecule has 210 valence electrons. The van der Waals surface area contributed by atoms with Crippen molar-refractivity contribution >= 4 is 30.1 Å². The van der Waals surface area contributed by atoms with E-state index in [0.717, 1.165) is 35.3 Å². The molecule has 1 aliphatic heterocycles. The van der Waals surface area contributed by atoms with E-state index in [-0.39, 0.29) is 23.1 Å². The van der Waals surface area contributed by atoms with Crippen LogP contribution in [0.5, 0.6) is 0 Å². The number of aryl methyl sites for hydroxylation is 1. The molecule has 2 aromatic carbocycles. The fourth-order valence-corrected chi connectivity index (χ4v) is 5.49. The number of aldehydes is 1. The fraction of sp³-hybridized carbons (Fsp3) is 0.258. The Labute approximate surface area is 237 Å². The molecule has 1 fully saturated rings. The number of likely N-dealkylation sites (N-methyl/N-ethyl adjacent to an activating group) is 1. The number of nitrogens with zero attached hydrogens (tertiary/aromatic N) is 6. The highest BCUT2D eigenvalue weighted by Crippen LogP contribution is 2.29. The second-order valence-electron chi connectivity index (χ2n) is 10.2. The zero-order valence-electron chi connectivity index (χ0n) is 23.1. The molecule has 0 radical (unpaired) electrons. The molecule has 1 atom stereocenters. The average Bonchev–Trinajstić information content (AvgIpc) is 3.55. The van der Waals surface area contributed by atoms with Gasteiger partial charge in [0.1, 0.15) is 11.4 Å². The fourth-order valence-electron chi connectivity index (χ4n) is 5.49. The third-order valence-corrected chi connectivity index (χ3v) is 7.62. The molecule has 41 heavy (non-hydrogen) atoms. The first-order valence-electron chi connectivity index (χ1n) is 13.4. The Morgan fingerprint density at radius 3 is 2.63 bits per heavy atom. The smallest absolute Gasteiger partial charge is 0.353 e. The van der Waals surface area contributed by atoms with Crippen molar-refractivity contribution in [3.8, 4) is 16.8 Å². The summed E-state index contributed by atoms with van der Waals surface area (Å²) in [4.78, 5) is 49.2. The van der Waals surface area contributed by atoms with E-state index in [1.54, 1.807) is 33.2 Å². The van der Waals surface area contributed by atoms with Crippen LogP contribution in [0, 0.1) is 6.92 Å². The van der Waals surface area contributed by atoms with Crippen LogP contribution in [-0.2, 0) is 4.79 Å². The summed E-state index contributed by atoms with van der Waals surface area (Å²) >= 11 is 0. The average molecular weight is 553 g/mol. The molecule has 1 aliphatic rings. The number of imidazole rings is 1. The Morgan fingerprint density at radius 1 is 1.17 bits per heavy atom. The quantitative estimate of drug-likeness (QED) is 0.181. The maximum absolute atomic E-state index is 14.1. The summed E-state index contributed by atoms with van der Waals surface area (Å²) in [5, 5.41) is 9.44. The molecule has 1 saturated heterocycles. The minimum Gasteiger partial charge on any atom is -0.477 e. The zero-order valence-corrected chi connectivity index (χ0v) is 23.1. The number of pyridine rings is 1. The number of likely N-dealkylation sites (tertiary alicyclic amines) is 1. The molecule has 0 saturated carbocycles. The number of aliphatic imine (C=N–C) groups is 1. The van der Waals surface area contributed by atoms with Gasteiger partial charge in [0.15, 0.2) is 11.9 Å². The van der Waals surface area contributed by atoms with Gasteiger partial charge in [-0.3, -0.25) is 23.8 Å².